The van der Waals surface area contributed by atoms with Crippen LogP contribution in [0.25, 0.3) is 0 Å². The number of alkyl carbamates (subject to hydrolysis) is 2. The average Bonchev–Trinajstić information content (AvgIpc) is 3.13. The van der Waals surface area contributed by atoms with E-state index in [-0.39, 0.29) is 31.3 Å². The van der Waals surface area contributed by atoms with Crippen LogP contribution in [-0.2, 0) is 45.1 Å². The number of aliphatic imine (C=N–C) groups is 1. The number of nitrogens with one attached hydrogen (secondary N) is 4. The molecule has 272 valence electrons. The third-order valence-corrected chi connectivity index (χ3v) is 8.07. The molecule has 4 rings (SSSR count). The second kappa shape index (κ2) is 19.9. The number of rotatable bonds is 14. The van der Waals surface area contributed by atoms with Gasteiger partial charge in [-0.1, -0.05) is 91.0 Å². The van der Waals surface area contributed by atoms with Gasteiger partial charge < -0.3 is 25.2 Å². The molecule has 0 radical (unpaired) electrons. The minimum atomic E-state index is -1.26. The summed E-state index contributed by atoms with van der Waals surface area (Å²) < 4.78 is 10.7. The summed E-state index contributed by atoms with van der Waals surface area (Å²) in [5, 5.41) is 20.6. The minimum absolute atomic E-state index is 0.000179. The maximum Gasteiger partial charge on any atom is 0.414 e. The largest absolute Gasteiger partial charge is 0.508 e. The van der Waals surface area contributed by atoms with Crippen molar-refractivity contribution >= 4 is 30.0 Å². The Morgan fingerprint density at radius 2 is 1.19 bits per heavy atom. The van der Waals surface area contributed by atoms with Crippen molar-refractivity contribution in [2.24, 2.45) is 4.99 Å². The van der Waals surface area contributed by atoms with Crippen LogP contribution in [0.1, 0.15) is 46.7 Å². The van der Waals surface area contributed by atoms with Crippen LogP contribution in [-0.4, -0.2) is 53.7 Å². The Balaban J connectivity index is 1.53. The van der Waals surface area contributed by atoms with Gasteiger partial charge in [-0.2, -0.15) is 0 Å². The molecule has 0 aliphatic rings. The normalized spacial score (nSPS) is 11.7. The minimum Gasteiger partial charge on any atom is -0.508 e. The number of ether oxygens (including phenoxy) is 2. The van der Waals surface area contributed by atoms with Crippen molar-refractivity contribution in [1.82, 2.24) is 21.3 Å². The molecule has 0 aliphatic carbocycles. The zero-order chi connectivity index (χ0) is 37.3. The molecule has 0 bridgehead atoms. The Bertz CT molecular complexity index is 1740. The third-order valence-electron chi connectivity index (χ3n) is 8.07. The van der Waals surface area contributed by atoms with Crippen molar-refractivity contribution in [3.63, 3.8) is 0 Å². The van der Waals surface area contributed by atoms with E-state index in [9.17, 15) is 24.3 Å². The van der Waals surface area contributed by atoms with E-state index in [0.717, 1.165) is 23.1 Å². The Morgan fingerprint density at radius 1 is 0.712 bits per heavy atom. The smallest absolute Gasteiger partial charge is 0.414 e. The lowest BCUT2D eigenvalue weighted by Gasteiger charge is -2.21. The fourth-order valence-electron chi connectivity index (χ4n) is 5.32. The Kier molecular flexibility index (Phi) is 14.8. The molecule has 12 nitrogen and oxygen atoms in total. The number of hydrogen-bond acceptors (Lipinski definition) is 8. The van der Waals surface area contributed by atoms with Crippen molar-refractivity contribution in [2.75, 3.05) is 6.54 Å². The molecule has 0 unspecified atom stereocenters. The van der Waals surface area contributed by atoms with Gasteiger partial charge in [-0.05, 0) is 79.1 Å². The first-order valence-electron chi connectivity index (χ1n) is 17.0. The molecule has 0 saturated carbocycles. The van der Waals surface area contributed by atoms with E-state index in [0.29, 0.717) is 29.7 Å². The van der Waals surface area contributed by atoms with Crippen LogP contribution in [0.2, 0.25) is 0 Å². The van der Waals surface area contributed by atoms with Gasteiger partial charge >= 0.3 is 12.2 Å². The Morgan fingerprint density at radius 3 is 1.69 bits per heavy atom. The first-order valence-corrected chi connectivity index (χ1v) is 17.0. The van der Waals surface area contributed by atoms with Gasteiger partial charge in [0.25, 0.3) is 0 Å². The van der Waals surface area contributed by atoms with E-state index < -0.39 is 36.1 Å². The summed E-state index contributed by atoms with van der Waals surface area (Å²) in [6.45, 7) is 5.41. The predicted molar refractivity (Wildman–Crippen MR) is 197 cm³/mol. The molecule has 2 atom stereocenters. The molecule has 0 aromatic heterocycles. The molecule has 4 aromatic carbocycles. The van der Waals surface area contributed by atoms with Crippen molar-refractivity contribution in [2.45, 2.75) is 65.3 Å². The molecule has 12 heteroatoms. The fraction of sp³-hybridized carbons (Fsp3) is 0.275. The van der Waals surface area contributed by atoms with Gasteiger partial charge in [0.15, 0.2) is 0 Å². The standard InChI is InChI=1S/C40H45N5O7/c1-27-22-33(46)23-28(2)34(27)24-35(37(48)42-29(3)36(47)41-21-13-20-30-14-7-4-8-15-30)43-38(44-39(49)51-25-31-16-9-5-10-17-31)45-40(50)52-26-32-18-11-6-12-19-32/h4-12,14-19,22-23,29,35,46H,13,20-21,24-26H2,1-3H3,(H,41,47)(H,42,48)(H2,43,44,45,49,50)/t29-,35+/m1/s1. The number of guanidine groups is 1. The summed E-state index contributed by atoms with van der Waals surface area (Å²) in [4.78, 5) is 57.2. The molecular weight excluding hydrogens is 662 g/mol. The van der Waals surface area contributed by atoms with E-state index in [1.165, 1.54) is 0 Å². The van der Waals surface area contributed by atoms with Gasteiger partial charge in [-0.25, -0.2) is 14.6 Å². The lowest BCUT2D eigenvalue weighted by molar-refractivity contribution is -0.129. The first-order chi connectivity index (χ1) is 25.1. The topological polar surface area (TPSA) is 167 Å². The van der Waals surface area contributed by atoms with Crippen LogP contribution in [0.15, 0.2) is 108 Å². The molecule has 0 aliphatic heterocycles. The summed E-state index contributed by atoms with van der Waals surface area (Å²) >= 11 is 0. The molecule has 5 N–H and O–H groups in total. The quantitative estimate of drug-likeness (QED) is 0.0666. The maximum atomic E-state index is 13.9. The third kappa shape index (κ3) is 12.9. The average molecular weight is 708 g/mol. The van der Waals surface area contributed by atoms with Crippen molar-refractivity contribution in [1.29, 1.82) is 0 Å². The van der Waals surface area contributed by atoms with Crippen LogP contribution in [0.3, 0.4) is 0 Å². The van der Waals surface area contributed by atoms with Crippen LogP contribution < -0.4 is 21.3 Å². The monoisotopic (exact) mass is 707 g/mol. The van der Waals surface area contributed by atoms with E-state index >= 15 is 0 Å². The molecule has 52 heavy (non-hydrogen) atoms. The van der Waals surface area contributed by atoms with Crippen LogP contribution in [0, 0.1) is 13.8 Å². The second-order valence-corrected chi connectivity index (χ2v) is 12.2. The van der Waals surface area contributed by atoms with Crippen LogP contribution in [0.4, 0.5) is 9.59 Å². The van der Waals surface area contributed by atoms with Gasteiger partial charge in [-0.15, -0.1) is 0 Å². The van der Waals surface area contributed by atoms with Crippen molar-refractivity contribution < 1.29 is 33.8 Å². The summed E-state index contributed by atoms with van der Waals surface area (Å²) in [7, 11) is 0. The van der Waals surface area contributed by atoms with Crippen LogP contribution >= 0.6 is 0 Å². The number of carbonyl (C=O) groups excluding carboxylic acids is 4. The highest BCUT2D eigenvalue weighted by atomic mass is 16.6. The summed E-state index contributed by atoms with van der Waals surface area (Å²) in [6, 6.07) is 28.8. The number of hydrogen-bond donors (Lipinski definition) is 5. The molecular formula is C40H45N5O7. The van der Waals surface area contributed by atoms with Crippen molar-refractivity contribution in [3.8, 4) is 5.75 Å². The first kappa shape index (κ1) is 38.6. The SMILES string of the molecule is Cc1cc(O)cc(C)c1C[C@H](N=C(NC(=O)OCc1ccccc1)NC(=O)OCc1ccccc1)C(=O)N[C@H](C)C(=O)NCCCc1ccccc1. The zero-order valence-electron chi connectivity index (χ0n) is 29.6. The van der Waals surface area contributed by atoms with Gasteiger partial charge in [0.1, 0.15) is 31.0 Å². The Hall–Kier alpha value is -6.17. The highest BCUT2D eigenvalue weighted by Crippen LogP contribution is 2.23. The number of nitrogens with zero attached hydrogens (tertiary/aromatic N) is 1. The van der Waals surface area contributed by atoms with Crippen LogP contribution in [0.5, 0.6) is 5.75 Å². The number of carbonyl (C=O) groups is 4. The van der Waals surface area contributed by atoms with Gasteiger partial charge in [0.2, 0.25) is 17.8 Å². The van der Waals surface area contributed by atoms with E-state index in [4.69, 9.17) is 9.47 Å². The van der Waals surface area contributed by atoms with E-state index in [1.807, 2.05) is 42.5 Å². The lowest BCUT2D eigenvalue weighted by Crippen LogP contribution is -2.50. The summed E-state index contributed by atoms with van der Waals surface area (Å²) in [5.74, 6) is -1.36. The lowest BCUT2D eigenvalue weighted by atomic mass is 9.95. The number of amides is 4. The molecule has 0 saturated heterocycles. The number of aromatic hydroxyl groups is 1. The molecule has 0 fully saturated rings. The summed E-state index contributed by atoms with van der Waals surface area (Å²) in [5.41, 5.74) is 4.72. The molecule has 4 aromatic rings. The highest BCUT2D eigenvalue weighted by Gasteiger charge is 2.26. The van der Waals surface area contributed by atoms with Gasteiger partial charge in [0, 0.05) is 13.0 Å². The zero-order valence-corrected chi connectivity index (χ0v) is 29.6. The van der Waals surface area contributed by atoms with Gasteiger partial charge in [-0.3, -0.25) is 20.2 Å². The number of benzene rings is 4. The predicted octanol–water partition coefficient (Wildman–Crippen LogP) is 5.38. The molecule has 0 heterocycles. The number of aryl methyl sites for hydroxylation is 3. The van der Waals surface area contributed by atoms with Crippen molar-refractivity contribution in [3.05, 3.63) is 137 Å². The molecule has 0 spiro atoms. The Labute approximate surface area is 303 Å². The highest BCUT2D eigenvalue weighted by molar-refractivity contribution is 6.02. The van der Waals surface area contributed by atoms with Gasteiger partial charge in [0.05, 0.1) is 0 Å². The maximum absolute atomic E-state index is 13.9. The van der Waals surface area contributed by atoms with E-state index in [2.05, 4.69) is 26.3 Å². The summed E-state index contributed by atoms with van der Waals surface area (Å²) in [6.07, 6.45) is -0.380. The second-order valence-electron chi connectivity index (χ2n) is 12.2. The molecule has 4 amide bonds. The fourth-order valence-corrected chi connectivity index (χ4v) is 5.32. The number of phenols is 1. The number of phenolic OH excluding ortho intramolecular Hbond substituents is 1. The van der Waals surface area contributed by atoms with E-state index in [1.54, 1.807) is 81.4 Å².